The Morgan fingerprint density at radius 2 is 1.70 bits per heavy atom. The van der Waals surface area contributed by atoms with Gasteiger partial charge in [-0.3, -0.25) is 0 Å². The molecule has 0 spiro atoms. The van der Waals surface area contributed by atoms with Crippen molar-refractivity contribution in [3.05, 3.63) is 88.5 Å². The minimum absolute atomic E-state index is 0.562. The summed E-state index contributed by atoms with van der Waals surface area (Å²) in [4.78, 5) is 0. The van der Waals surface area contributed by atoms with E-state index in [-0.39, 0.29) is 0 Å². The number of benzene rings is 2. The molecule has 0 N–H and O–H groups in total. The van der Waals surface area contributed by atoms with Crippen LogP contribution in [0.15, 0.2) is 66.3 Å². The van der Waals surface area contributed by atoms with Crippen LogP contribution in [0.25, 0.3) is 17.2 Å². The first-order chi connectivity index (χ1) is 15.8. The van der Waals surface area contributed by atoms with Crippen LogP contribution in [0.5, 0.6) is 0 Å². The van der Waals surface area contributed by atoms with Gasteiger partial charge in [-0.2, -0.15) is 0 Å². The van der Waals surface area contributed by atoms with E-state index >= 15 is 0 Å². The average molecular weight is 477 g/mol. The Labute approximate surface area is 204 Å². The fourth-order valence-corrected chi connectivity index (χ4v) is 13.4. The molecule has 2 aromatic carbocycles. The number of allylic oxidation sites excluding steroid dienone is 2. The van der Waals surface area contributed by atoms with Gasteiger partial charge in [-0.1, -0.05) is 85.7 Å². The first-order valence-electron chi connectivity index (χ1n) is 12.6. The smallest absolute Gasteiger partial charge is 0.0394 e. The van der Waals surface area contributed by atoms with Crippen molar-refractivity contribution in [3.63, 3.8) is 0 Å². The monoisotopic (exact) mass is 476 g/mol. The van der Waals surface area contributed by atoms with Crippen molar-refractivity contribution in [1.82, 2.24) is 0 Å². The third-order valence-electron chi connectivity index (χ3n) is 8.35. The van der Waals surface area contributed by atoms with Gasteiger partial charge >= 0.3 is 0 Å². The van der Waals surface area contributed by atoms with Crippen LogP contribution < -0.4 is 0 Å². The zero-order valence-corrected chi connectivity index (χ0v) is 22.7. The van der Waals surface area contributed by atoms with Crippen molar-refractivity contribution >= 4 is 24.2 Å². The van der Waals surface area contributed by atoms with Crippen molar-refractivity contribution in [1.29, 1.82) is 0 Å². The largest absolute Gasteiger partial charge is 0.205 e. The van der Waals surface area contributed by atoms with Gasteiger partial charge in [0.2, 0.25) is 0 Å². The highest BCUT2D eigenvalue weighted by Crippen LogP contribution is 2.83. The Bertz CT molecular complexity index is 1130. The summed E-state index contributed by atoms with van der Waals surface area (Å²) in [5.74, 6) is 0. The summed E-state index contributed by atoms with van der Waals surface area (Å²) in [6, 6.07) is 13.8. The van der Waals surface area contributed by atoms with E-state index in [1.807, 2.05) is 0 Å². The van der Waals surface area contributed by atoms with Crippen molar-refractivity contribution in [2.24, 2.45) is 0 Å². The molecule has 0 saturated carbocycles. The average Bonchev–Trinajstić information content (AvgIpc) is 3.55. The van der Waals surface area contributed by atoms with Gasteiger partial charge in [0, 0.05) is 10.5 Å². The van der Waals surface area contributed by atoms with E-state index in [1.165, 1.54) is 55.2 Å². The Morgan fingerprint density at radius 1 is 0.909 bits per heavy atom. The molecule has 2 heteroatoms. The summed E-state index contributed by atoms with van der Waals surface area (Å²) in [6.45, 7) is 2.30. The maximum absolute atomic E-state index is 2.63. The lowest BCUT2D eigenvalue weighted by Crippen LogP contribution is -2.20. The molecule has 5 rings (SSSR count). The summed E-state index contributed by atoms with van der Waals surface area (Å²) in [5.41, 5.74) is 10.9. The molecule has 0 saturated heterocycles. The second kappa shape index (κ2) is 8.86. The van der Waals surface area contributed by atoms with Crippen LogP contribution in [0.2, 0.25) is 0 Å². The van der Waals surface area contributed by atoms with Gasteiger partial charge in [-0.25, -0.2) is 18.1 Å². The van der Waals surface area contributed by atoms with E-state index in [0.29, 0.717) is 10.5 Å². The van der Waals surface area contributed by atoms with Crippen molar-refractivity contribution in [2.75, 3.05) is 25.0 Å². The third-order valence-corrected chi connectivity index (χ3v) is 21.7. The van der Waals surface area contributed by atoms with E-state index in [1.54, 1.807) is 22.3 Å². The number of unbranched alkanes of at least 4 members (excludes halogenated alkanes) is 1. The fraction of sp³-hybridized carbons (Fsp3) is 0.419. The van der Waals surface area contributed by atoms with Gasteiger partial charge in [0.1, 0.15) is 0 Å². The van der Waals surface area contributed by atoms with E-state index in [4.69, 9.17) is 0 Å². The van der Waals surface area contributed by atoms with Crippen LogP contribution in [-0.2, 0) is 12.8 Å². The maximum Gasteiger partial charge on any atom is 0.0394 e. The quantitative estimate of drug-likeness (QED) is 0.350. The molecule has 176 valence electrons. The van der Waals surface area contributed by atoms with E-state index in [0.717, 1.165) is 0 Å². The molecule has 0 radical (unpaired) electrons. The number of hydrogen-bond acceptors (Lipinski definition) is 0. The number of hydrogen-bond donors (Lipinski definition) is 0. The molecular weight excluding hydrogens is 436 g/mol. The number of rotatable bonds is 7. The molecule has 2 aromatic rings. The Morgan fingerprint density at radius 3 is 2.45 bits per heavy atom. The molecule has 0 heterocycles. The second-order valence-corrected chi connectivity index (χ2v) is 22.1. The minimum atomic E-state index is -0.895. The van der Waals surface area contributed by atoms with E-state index in [2.05, 4.69) is 98.7 Å². The molecule has 3 aliphatic rings. The molecule has 33 heavy (non-hydrogen) atoms. The summed E-state index contributed by atoms with van der Waals surface area (Å²) in [6.07, 6.45) is 30.8. The molecule has 2 unspecified atom stereocenters. The highest BCUT2D eigenvalue weighted by Gasteiger charge is 2.42. The van der Waals surface area contributed by atoms with Crippen LogP contribution in [0.1, 0.15) is 60.1 Å². The molecular formula is C31H40S2. The number of aryl methyl sites for hydroxylation is 1. The SMILES string of the molecule is CCCCC1=CC(S(C)(C)S(C)(C)C2C=Cc3c2cc2c(c3-c3ccccc3)CCC2)C=C1. The first-order valence-corrected chi connectivity index (χ1v) is 18.1. The van der Waals surface area contributed by atoms with Crippen LogP contribution in [0, 0.1) is 0 Å². The summed E-state index contributed by atoms with van der Waals surface area (Å²) in [5, 5.41) is 1.18. The van der Waals surface area contributed by atoms with Gasteiger partial charge in [-0.15, -0.1) is 0 Å². The molecule has 0 aliphatic heterocycles. The van der Waals surface area contributed by atoms with Crippen LogP contribution >= 0.6 is 18.1 Å². The molecule has 3 aliphatic carbocycles. The lowest BCUT2D eigenvalue weighted by molar-refractivity contribution is 0.798. The predicted octanol–water partition coefficient (Wildman–Crippen LogP) is 9.01. The van der Waals surface area contributed by atoms with Crippen molar-refractivity contribution < 1.29 is 0 Å². The normalized spacial score (nSPS) is 22.4. The lowest BCUT2D eigenvalue weighted by atomic mass is 9.89. The Kier molecular flexibility index (Phi) is 6.20. The highest BCUT2D eigenvalue weighted by atomic mass is 33.2. The first kappa shape index (κ1) is 23.1. The van der Waals surface area contributed by atoms with Gasteiger partial charge in [0.25, 0.3) is 0 Å². The summed E-state index contributed by atoms with van der Waals surface area (Å²) in [7, 11) is -1.74. The topological polar surface area (TPSA) is 0 Å². The highest BCUT2D eigenvalue weighted by molar-refractivity contribution is 9.07. The zero-order chi connectivity index (χ0) is 23.2. The van der Waals surface area contributed by atoms with Gasteiger partial charge in [-0.05, 0) is 90.5 Å². The van der Waals surface area contributed by atoms with Crippen LogP contribution in [-0.4, -0.2) is 30.3 Å². The summed E-state index contributed by atoms with van der Waals surface area (Å²) < 4.78 is 0. The summed E-state index contributed by atoms with van der Waals surface area (Å²) >= 11 is 0. The Balaban J connectivity index is 1.54. The Hall–Kier alpha value is -1.64. The number of fused-ring (bicyclic) bond motifs is 2. The van der Waals surface area contributed by atoms with E-state index in [9.17, 15) is 0 Å². The standard InChI is InChI=1S/C31H40S2/c1-6-7-12-23-17-18-26(21-23)32(2,3)33(4,5)30-20-19-28-29(30)22-25-15-11-16-27(25)31(28)24-13-9-8-10-14-24/h8-10,13-14,17-22,26,30H,6-7,11-12,15-16H2,1-5H3. The molecule has 0 fully saturated rings. The van der Waals surface area contributed by atoms with Crippen molar-refractivity contribution in [3.8, 4) is 11.1 Å². The van der Waals surface area contributed by atoms with Gasteiger partial charge in [0.05, 0.1) is 0 Å². The predicted molar refractivity (Wildman–Crippen MR) is 155 cm³/mol. The van der Waals surface area contributed by atoms with E-state index < -0.39 is 18.1 Å². The lowest BCUT2D eigenvalue weighted by Gasteiger charge is -2.57. The van der Waals surface area contributed by atoms with Crippen molar-refractivity contribution in [2.45, 2.75) is 55.9 Å². The fourth-order valence-electron chi connectivity index (χ4n) is 5.91. The van der Waals surface area contributed by atoms with Gasteiger partial charge in [0.15, 0.2) is 0 Å². The van der Waals surface area contributed by atoms with Crippen LogP contribution in [0.4, 0.5) is 0 Å². The molecule has 0 aromatic heterocycles. The van der Waals surface area contributed by atoms with Crippen LogP contribution in [0.3, 0.4) is 0 Å². The molecule has 0 nitrogen and oxygen atoms in total. The second-order valence-electron chi connectivity index (χ2n) is 10.7. The minimum Gasteiger partial charge on any atom is -0.205 e. The molecule has 0 amide bonds. The maximum atomic E-state index is 2.63. The molecule has 2 atom stereocenters. The zero-order valence-electron chi connectivity index (χ0n) is 21.1. The third kappa shape index (κ3) is 3.88. The molecule has 0 bridgehead atoms. The van der Waals surface area contributed by atoms with Gasteiger partial charge < -0.3 is 0 Å².